The zero-order valence-electron chi connectivity index (χ0n) is 14.8. The van der Waals surface area contributed by atoms with Gasteiger partial charge in [0.05, 0.1) is 0 Å². The predicted octanol–water partition coefficient (Wildman–Crippen LogP) is -0.521. The fourth-order valence-electron chi connectivity index (χ4n) is 3.14. The third-order valence-electron chi connectivity index (χ3n) is 4.57. The summed E-state index contributed by atoms with van der Waals surface area (Å²) in [6.45, 7) is 1.77. The smallest absolute Gasteiger partial charge is 0.436 e. The summed E-state index contributed by atoms with van der Waals surface area (Å²) in [5.41, 5.74) is 5.36. The molecule has 0 radical (unpaired) electrons. The van der Waals surface area contributed by atoms with E-state index in [1.54, 1.807) is 13.0 Å². The molecule has 1 amide bonds. The van der Waals surface area contributed by atoms with Crippen molar-refractivity contribution in [1.82, 2.24) is 24.3 Å². The average Bonchev–Trinajstić information content (AvgIpc) is 3.02. The molecule has 4 heterocycles. The third kappa shape index (κ3) is 2.99. The van der Waals surface area contributed by atoms with E-state index in [2.05, 4.69) is 10.2 Å². The maximum Gasteiger partial charge on any atom is 0.436 e. The summed E-state index contributed by atoms with van der Waals surface area (Å²) < 4.78 is 1.14. The Morgan fingerprint density at radius 2 is 2.03 bits per heavy atom. The number of amides is 1. The van der Waals surface area contributed by atoms with Crippen molar-refractivity contribution in [3.05, 3.63) is 33.9 Å². The van der Waals surface area contributed by atoms with Crippen molar-refractivity contribution in [3.8, 4) is 0 Å². The maximum absolute atomic E-state index is 12.1. The van der Waals surface area contributed by atoms with Crippen LogP contribution in [0.4, 0.5) is 4.79 Å². The van der Waals surface area contributed by atoms with Crippen LogP contribution in [-0.2, 0) is 9.59 Å². The van der Waals surface area contributed by atoms with E-state index in [4.69, 9.17) is 10.8 Å². The van der Waals surface area contributed by atoms with Crippen LogP contribution in [0.1, 0.15) is 6.92 Å². The van der Waals surface area contributed by atoms with E-state index in [1.165, 1.54) is 34.5 Å². The fourth-order valence-corrected chi connectivity index (χ4v) is 5.64. The van der Waals surface area contributed by atoms with Gasteiger partial charge < -0.3 is 15.9 Å². The number of β-lactam (4-membered cyclic amide) rings is 1. The molecule has 2 aromatic heterocycles. The normalized spacial score (nSPS) is 22.4. The Morgan fingerprint density at radius 3 is 2.69 bits per heavy atom. The van der Waals surface area contributed by atoms with Gasteiger partial charge in [0, 0.05) is 11.0 Å². The number of aliphatic carboxylic acids is 1. The summed E-state index contributed by atoms with van der Waals surface area (Å²) in [5, 5.41) is 26.0. The number of hydrogen-bond acceptors (Lipinski definition) is 9. The van der Waals surface area contributed by atoms with Crippen molar-refractivity contribution >= 4 is 47.1 Å². The molecule has 3 atom stereocenters. The number of nitrogens with zero attached hydrogens (tertiary/aromatic N) is 5. The van der Waals surface area contributed by atoms with Crippen molar-refractivity contribution in [2.75, 3.05) is 5.75 Å². The van der Waals surface area contributed by atoms with E-state index in [9.17, 15) is 24.3 Å². The van der Waals surface area contributed by atoms with Gasteiger partial charge in [-0.15, -0.1) is 21.5 Å². The molecule has 0 bridgehead atoms. The molecule has 0 aromatic carbocycles. The summed E-state index contributed by atoms with van der Waals surface area (Å²) in [6.07, 6.45) is -1.52. The van der Waals surface area contributed by atoms with E-state index in [0.29, 0.717) is 16.4 Å². The molecule has 0 spiro atoms. The van der Waals surface area contributed by atoms with Gasteiger partial charge in [-0.25, -0.2) is 14.4 Å². The van der Waals surface area contributed by atoms with E-state index in [-0.39, 0.29) is 26.6 Å². The first-order valence-corrected chi connectivity index (χ1v) is 10.2. The highest BCUT2D eigenvalue weighted by molar-refractivity contribution is 8.01. The number of rotatable bonds is 4. The van der Waals surface area contributed by atoms with Gasteiger partial charge in [-0.1, -0.05) is 11.8 Å². The van der Waals surface area contributed by atoms with Crippen LogP contribution in [0, 0.1) is 0 Å². The molecule has 2 aliphatic heterocycles. The average molecular weight is 438 g/mol. The Kier molecular flexibility index (Phi) is 4.63. The number of thioether (sulfide) groups is 2. The number of carboxylic acids is 1. The van der Waals surface area contributed by atoms with Crippen molar-refractivity contribution in [3.63, 3.8) is 0 Å². The Morgan fingerprint density at radius 1 is 1.31 bits per heavy atom. The quantitative estimate of drug-likeness (QED) is 0.414. The molecule has 14 heteroatoms. The first-order valence-electron chi connectivity index (χ1n) is 8.26. The molecule has 2 unspecified atom stereocenters. The number of hydrogen-bond donors (Lipinski definition) is 3. The lowest BCUT2D eigenvalue weighted by Crippen LogP contribution is -2.68. The predicted molar refractivity (Wildman–Crippen MR) is 102 cm³/mol. The number of carboxylic acid groups (broad SMARTS) is 2. The molecule has 1 fully saturated rings. The maximum atomic E-state index is 12.1. The van der Waals surface area contributed by atoms with Crippen LogP contribution in [0.5, 0.6) is 0 Å². The largest absolute Gasteiger partial charge is 0.477 e. The molecule has 4 rings (SSSR count). The third-order valence-corrected chi connectivity index (χ3v) is 6.99. The number of fused-ring (bicyclic) bond motifs is 2. The number of nitrogens with two attached hydrogens (primary N) is 1. The minimum absolute atomic E-state index is 0.0658. The Hall–Kier alpha value is -2.84. The van der Waals surface area contributed by atoms with Gasteiger partial charge >= 0.3 is 17.8 Å². The molecule has 152 valence electrons. The van der Waals surface area contributed by atoms with Gasteiger partial charge in [-0.3, -0.25) is 9.69 Å². The molecule has 0 saturated carbocycles. The molecular weight excluding hydrogens is 424 g/mol. The monoisotopic (exact) mass is 438 g/mol. The van der Waals surface area contributed by atoms with Gasteiger partial charge in [-0.05, 0) is 24.6 Å². The van der Waals surface area contributed by atoms with Crippen molar-refractivity contribution in [2.24, 2.45) is 5.73 Å². The number of carbonyl (C=O) groups is 3. The molecule has 4 N–H and O–H groups in total. The van der Waals surface area contributed by atoms with Gasteiger partial charge in [0.1, 0.15) is 22.1 Å². The van der Waals surface area contributed by atoms with Crippen LogP contribution < -0.4 is 11.4 Å². The highest BCUT2D eigenvalue weighted by atomic mass is 32.2. The topological polar surface area (TPSA) is 173 Å². The number of aromatic nitrogens is 4. The lowest BCUT2D eigenvalue weighted by Gasteiger charge is -2.48. The summed E-state index contributed by atoms with van der Waals surface area (Å²) in [4.78, 5) is 48.2. The van der Waals surface area contributed by atoms with E-state index < -0.39 is 29.7 Å². The summed E-state index contributed by atoms with van der Waals surface area (Å²) in [5.74, 6) is -1.25. The van der Waals surface area contributed by atoms with Gasteiger partial charge in [0.15, 0.2) is 5.65 Å². The fraction of sp³-hybridized carbons (Fsp3) is 0.333. The Bertz CT molecular complexity index is 1160. The van der Waals surface area contributed by atoms with Gasteiger partial charge in [-0.2, -0.15) is 9.61 Å². The first kappa shape index (κ1) is 19.5. The van der Waals surface area contributed by atoms with Crippen LogP contribution in [0.2, 0.25) is 0 Å². The zero-order valence-corrected chi connectivity index (χ0v) is 16.4. The summed E-state index contributed by atoms with van der Waals surface area (Å²) in [7, 11) is 0. The van der Waals surface area contributed by atoms with Crippen LogP contribution in [0.3, 0.4) is 0 Å². The lowest BCUT2D eigenvalue weighted by molar-refractivity contribution is -0.148. The van der Waals surface area contributed by atoms with Crippen LogP contribution in [-0.4, -0.2) is 74.9 Å². The van der Waals surface area contributed by atoms with Crippen molar-refractivity contribution in [2.45, 2.75) is 28.6 Å². The molecule has 29 heavy (non-hydrogen) atoms. The minimum Gasteiger partial charge on any atom is -0.477 e. The Labute approximate surface area is 170 Å². The summed E-state index contributed by atoms with van der Waals surface area (Å²) in [6, 6.07) is 2.29. The molecule has 2 aromatic rings. The molecule has 1 saturated heterocycles. The van der Waals surface area contributed by atoms with Crippen LogP contribution in [0.25, 0.3) is 5.65 Å². The van der Waals surface area contributed by atoms with Crippen LogP contribution >= 0.6 is 23.5 Å². The standard InChI is InChI=1S/C15H14N6O6S2/c1-5(6-4-28-12-9(16)11(22)19(12)10(6)13(23)24)29-8-3-2-7-17-21(15(26)27)14(25)20(7)18-8/h2-3,5,9,12H,4,16H2,1H3,(H,23,24)(H,26,27)/t5?,9?,12-/m1/s1. The second-order valence-corrected chi connectivity index (χ2v) is 8.76. The number of carbonyl (C=O) groups excluding carboxylic acids is 1. The second kappa shape index (κ2) is 6.89. The lowest BCUT2D eigenvalue weighted by atomic mass is 10.0. The highest BCUT2D eigenvalue weighted by Crippen LogP contribution is 2.42. The molecule has 0 aliphatic carbocycles. The SMILES string of the molecule is CC(Sc1ccc2nn(C(=O)O)c(=O)n2n1)C1=C(C(=O)O)N2C(=O)C(N)[C@H]2SC1. The first-order chi connectivity index (χ1) is 13.7. The van der Waals surface area contributed by atoms with E-state index >= 15 is 0 Å². The van der Waals surface area contributed by atoms with Gasteiger partial charge in [0.25, 0.3) is 0 Å². The summed E-state index contributed by atoms with van der Waals surface area (Å²) >= 11 is 2.58. The minimum atomic E-state index is -1.52. The van der Waals surface area contributed by atoms with Crippen LogP contribution in [0.15, 0.2) is 33.2 Å². The second-order valence-electron chi connectivity index (χ2n) is 6.29. The van der Waals surface area contributed by atoms with Crippen molar-refractivity contribution in [1.29, 1.82) is 0 Å². The molecular formula is C15H14N6O6S2. The van der Waals surface area contributed by atoms with E-state index in [1.807, 2.05) is 0 Å². The highest BCUT2D eigenvalue weighted by Gasteiger charge is 2.52. The molecule has 12 nitrogen and oxygen atoms in total. The Balaban J connectivity index is 1.66. The zero-order chi connectivity index (χ0) is 21.0. The van der Waals surface area contributed by atoms with Crippen molar-refractivity contribution < 1.29 is 24.6 Å². The molecule has 2 aliphatic rings. The van der Waals surface area contributed by atoms with Gasteiger partial charge in [0.2, 0.25) is 5.91 Å². The van der Waals surface area contributed by atoms with E-state index in [0.717, 1.165) is 4.52 Å².